The Labute approximate surface area is 138 Å². The van der Waals surface area contributed by atoms with Gasteiger partial charge in [0.05, 0.1) is 13.2 Å². The molecule has 0 N–H and O–H groups in total. The number of fused-ring (bicyclic) bond motifs is 3. The molecule has 0 fully saturated rings. The van der Waals surface area contributed by atoms with Crippen molar-refractivity contribution in [2.75, 3.05) is 6.61 Å². The van der Waals surface area contributed by atoms with E-state index in [4.69, 9.17) is 9.26 Å². The SMILES string of the molecule is CCOC(=O)c1cc(Cn2c3ccccc3c3ccccc32)on1. The summed E-state index contributed by atoms with van der Waals surface area (Å²) in [7, 11) is 0. The molecule has 2 aromatic carbocycles. The van der Waals surface area contributed by atoms with E-state index >= 15 is 0 Å². The van der Waals surface area contributed by atoms with Gasteiger partial charge >= 0.3 is 5.97 Å². The third-order valence-corrected chi connectivity index (χ3v) is 4.04. The van der Waals surface area contributed by atoms with E-state index in [9.17, 15) is 4.79 Å². The quantitative estimate of drug-likeness (QED) is 0.533. The fraction of sp³-hybridized carbons (Fsp3) is 0.158. The van der Waals surface area contributed by atoms with Crippen molar-refractivity contribution in [3.05, 3.63) is 66.1 Å². The maximum absolute atomic E-state index is 11.7. The van der Waals surface area contributed by atoms with Crippen LogP contribution in [0.25, 0.3) is 21.8 Å². The van der Waals surface area contributed by atoms with E-state index in [-0.39, 0.29) is 5.69 Å². The van der Waals surface area contributed by atoms with E-state index < -0.39 is 5.97 Å². The van der Waals surface area contributed by atoms with Gasteiger partial charge in [0.1, 0.15) is 0 Å². The second-order valence-electron chi connectivity index (χ2n) is 5.52. The molecule has 0 saturated carbocycles. The largest absolute Gasteiger partial charge is 0.461 e. The minimum Gasteiger partial charge on any atom is -0.461 e. The van der Waals surface area contributed by atoms with Crippen LogP contribution in [0.3, 0.4) is 0 Å². The van der Waals surface area contributed by atoms with Gasteiger partial charge in [0.2, 0.25) is 0 Å². The summed E-state index contributed by atoms with van der Waals surface area (Å²) in [5.41, 5.74) is 2.44. The highest BCUT2D eigenvalue weighted by atomic mass is 16.5. The first-order valence-corrected chi connectivity index (χ1v) is 7.86. The Morgan fingerprint density at radius 1 is 1.08 bits per heavy atom. The van der Waals surface area contributed by atoms with Gasteiger partial charge in [-0.3, -0.25) is 0 Å². The zero-order valence-corrected chi connectivity index (χ0v) is 13.2. The zero-order chi connectivity index (χ0) is 16.5. The van der Waals surface area contributed by atoms with E-state index in [1.807, 2.05) is 24.3 Å². The Morgan fingerprint density at radius 2 is 1.71 bits per heavy atom. The summed E-state index contributed by atoms with van der Waals surface area (Å²) in [4.78, 5) is 11.7. The summed E-state index contributed by atoms with van der Waals surface area (Å²) in [6.07, 6.45) is 0. The molecule has 0 unspecified atom stereocenters. The van der Waals surface area contributed by atoms with Crippen LogP contribution in [0.2, 0.25) is 0 Å². The Kier molecular flexibility index (Phi) is 3.54. The van der Waals surface area contributed by atoms with Crippen LogP contribution in [0.5, 0.6) is 0 Å². The third-order valence-electron chi connectivity index (χ3n) is 4.04. The van der Waals surface area contributed by atoms with Gasteiger partial charge in [-0.25, -0.2) is 4.79 Å². The number of ether oxygens (including phenoxy) is 1. The number of esters is 1. The molecule has 0 saturated heterocycles. The van der Waals surface area contributed by atoms with Gasteiger partial charge in [0.15, 0.2) is 11.5 Å². The molecule has 2 aromatic heterocycles. The van der Waals surface area contributed by atoms with E-state index in [0.29, 0.717) is 18.9 Å². The summed E-state index contributed by atoms with van der Waals surface area (Å²) in [6.45, 7) is 2.57. The van der Waals surface area contributed by atoms with Crippen LogP contribution in [-0.4, -0.2) is 22.3 Å². The zero-order valence-electron chi connectivity index (χ0n) is 13.2. The van der Waals surface area contributed by atoms with E-state index in [0.717, 1.165) is 11.0 Å². The predicted octanol–water partition coefficient (Wildman–Crippen LogP) is 4.01. The molecule has 0 bridgehead atoms. The molecule has 0 aliphatic heterocycles. The van der Waals surface area contributed by atoms with Gasteiger partial charge in [0.25, 0.3) is 0 Å². The van der Waals surface area contributed by atoms with Gasteiger partial charge in [-0.05, 0) is 19.1 Å². The van der Waals surface area contributed by atoms with Crippen molar-refractivity contribution in [3.63, 3.8) is 0 Å². The predicted molar refractivity (Wildman–Crippen MR) is 91.0 cm³/mol. The molecule has 24 heavy (non-hydrogen) atoms. The molecular formula is C19H16N2O3. The van der Waals surface area contributed by atoms with Gasteiger partial charge in [-0.1, -0.05) is 41.6 Å². The van der Waals surface area contributed by atoms with Crippen LogP contribution < -0.4 is 0 Å². The number of para-hydroxylation sites is 2. The van der Waals surface area contributed by atoms with Crippen LogP contribution >= 0.6 is 0 Å². The van der Waals surface area contributed by atoms with Gasteiger partial charge < -0.3 is 13.8 Å². The molecule has 4 aromatic rings. The molecular weight excluding hydrogens is 304 g/mol. The molecule has 2 heterocycles. The molecule has 5 heteroatoms. The van der Waals surface area contributed by atoms with Gasteiger partial charge in [-0.2, -0.15) is 0 Å². The summed E-state index contributed by atoms with van der Waals surface area (Å²) >= 11 is 0. The van der Waals surface area contributed by atoms with Crippen molar-refractivity contribution in [1.82, 2.24) is 9.72 Å². The topological polar surface area (TPSA) is 57.3 Å². The number of aromatic nitrogens is 2. The maximum Gasteiger partial charge on any atom is 0.360 e. The Morgan fingerprint density at radius 3 is 2.33 bits per heavy atom. The normalized spacial score (nSPS) is 11.2. The van der Waals surface area contributed by atoms with Crippen molar-refractivity contribution in [3.8, 4) is 0 Å². The monoisotopic (exact) mass is 320 g/mol. The summed E-state index contributed by atoms with van der Waals surface area (Å²) in [5, 5.41) is 6.20. The highest BCUT2D eigenvalue weighted by Crippen LogP contribution is 2.29. The fourth-order valence-electron chi connectivity index (χ4n) is 3.02. The lowest BCUT2D eigenvalue weighted by atomic mass is 10.2. The first kappa shape index (κ1) is 14.5. The number of carbonyl (C=O) groups excluding carboxylic acids is 1. The second kappa shape index (κ2) is 5.85. The van der Waals surface area contributed by atoms with Crippen molar-refractivity contribution in [2.24, 2.45) is 0 Å². The highest BCUT2D eigenvalue weighted by Gasteiger charge is 2.16. The lowest BCUT2D eigenvalue weighted by Crippen LogP contribution is -2.04. The standard InChI is InChI=1S/C19H16N2O3/c1-2-23-19(22)16-11-13(24-20-16)12-21-17-9-5-3-7-14(17)15-8-4-6-10-18(15)21/h3-11H,2,12H2,1H3. The van der Waals surface area contributed by atoms with E-state index in [1.165, 1.54) is 10.8 Å². The number of carbonyl (C=O) groups is 1. The first-order chi connectivity index (χ1) is 11.8. The highest BCUT2D eigenvalue weighted by molar-refractivity contribution is 6.08. The van der Waals surface area contributed by atoms with Crippen molar-refractivity contribution >= 4 is 27.8 Å². The minimum atomic E-state index is -0.463. The van der Waals surface area contributed by atoms with Gasteiger partial charge in [0, 0.05) is 27.9 Å². The third kappa shape index (κ3) is 2.34. The Bertz CT molecular complexity index is 976. The van der Waals surface area contributed by atoms with Crippen LogP contribution in [0.4, 0.5) is 0 Å². The van der Waals surface area contributed by atoms with Crippen LogP contribution in [0.1, 0.15) is 23.2 Å². The minimum absolute atomic E-state index is 0.201. The number of benzene rings is 2. The molecule has 0 spiro atoms. The second-order valence-corrected chi connectivity index (χ2v) is 5.52. The van der Waals surface area contributed by atoms with Gasteiger partial charge in [-0.15, -0.1) is 0 Å². The van der Waals surface area contributed by atoms with Crippen molar-refractivity contribution < 1.29 is 14.1 Å². The fourth-order valence-corrected chi connectivity index (χ4v) is 3.02. The molecule has 5 nitrogen and oxygen atoms in total. The average molecular weight is 320 g/mol. The summed E-state index contributed by atoms with van der Waals surface area (Å²) in [5.74, 6) is 0.152. The van der Waals surface area contributed by atoms with Crippen molar-refractivity contribution in [1.29, 1.82) is 0 Å². The van der Waals surface area contributed by atoms with Crippen LogP contribution in [-0.2, 0) is 11.3 Å². The Balaban J connectivity index is 1.78. The molecule has 0 atom stereocenters. The van der Waals surface area contributed by atoms with E-state index in [1.54, 1.807) is 13.0 Å². The summed E-state index contributed by atoms with van der Waals surface area (Å²) in [6, 6.07) is 18.1. The molecule has 0 amide bonds. The van der Waals surface area contributed by atoms with Crippen molar-refractivity contribution in [2.45, 2.75) is 13.5 Å². The molecule has 0 aliphatic carbocycles. The smallest absolute Gasteiger partial charge is 0.360 e. The molecule has 0 radical (unpaired) electrons. The molecule has 120 valence electrons. The van der Waals surface area contributed by atoms with Crippen LogP contribution in [0.15, 0.2) is 59.1 Å². The average Bonchev–Trinajstić information content (AvgIpc) is 3.20. The number of hydrogen-bond acceptors (Lipinski definition) is 4. The number of hydrogen-bond donors (Lipinski definition) is 0. The lowest BCUT2D eigenvalue weighted by molar-refractivity contribution is 0.0514. The number of nitrogens with zero attached hydrogens (tertiary/aromatic N) is 2. The number of rotatable bonds is 4. The van der Waals surface area contributed by atoms with Crippen LogP contribution in [0, 0.1) is 0 Å². The first-order valence-electron chi connectivity index (χ1n) is 7.86. The summed E-state index contributed by atoms with van der Waals surface area (Å²) < 4.78 is 12.4. The Hall–Kier alpha value is -3.08. The molecule has 0 aliphatic rings. The van der Waals surface area contributed by atoms with E-state index in [2.05, 4.69) is 34.0 Å². The molecule has 4 rings (SSSR count). The lowest BCUT2D eigenvalue weighted by Gasteiger charge is -2.04. The maximum atomic E-state index is 11.7.